The first kappa shape index (κ1) is 20.8. The van der Waals surface area contributed by atoms with Gasteiger partial charge >= 0.3 is 0 Å². The molecule has 9 heteroatoms. The normalized spacial score (nSPS) is 10.9. The molecule has 0 aromatic heterocycles. The van der Waals surface area contributed by atoms with E-state index in [2.05, 4.69) is 5.32 Å². The highest BCUT2D eigenvalue weighted by molar-refractivity contribution is 8.00. The van der Waals surface area contributed by atoms with Crippen LogP contribution in [0.15, 0.2) is 53.4 Å². The Kier molecular flexibility index (Phi) is 7.26. The molecule has 0 aliphatic carbocycles. The van der Waals surface area contributed by atoms with E-state index in [1.54, 1.807) is 36.4 Å². The molecule has 2 amide bonds. The zero-order chi connectivity index (χ0) is 19.9. The molecule has 2 N–H and O–H groups in total. The summed E-state index contributed by atoms with van der Waals surface area (Å²) < 4.78 is 31.4. The quantitative estimate of drug-likeness (QED) is 0.694. The third-order valence-electron chi connectivity index (χ3n) is 3.43. The number of thioether (sulfide) groups is 1. The van der Waals surface area contributed by atoms with Gasteiger partial charge in [0.25, 0.3) is 10.0 Å². The molecule has 0 fully saturated rings. The third-order valence-corrected chi connectivity index (χ3v) is 5.75. The maximum absolute atomic E-state index is 12.1. The van der Waals surface area contributed by atoms with Crippen LogP contribution in [0.2, 0.25) is 0 Å². The van der Waals surface area contributed by atoms with Gasteiger partial charge in [0, 0.05) is 0 Å². The number of ether oxygens (including phenoxy) is 1. The van der Waals surface area contributed by atoms with Crippen molar-refractivity contribution in [3.05, 3.63) is 54.1 Å². The van der Waals surface area contributed by atoms with Crippen LogP contribution >= 0.6 is 11.8 Å². The lowest BCUT2D eigenvalue weighted by atomic mass is 10.2. The van der Waals surface area contributed by atoms with Crippen molar-refractivity contribution in [3.63, 3.8) is 0 Å². The zero-order valence-corrected chi connectivity index (χ0v) is 16.5. The first-order valence-corrected chi connectivity index (χ1v) is 10.6. The van der Waals surface area contributed by atoms with Crippen LogP contribution in [0.1, 0.15) is 5.56 Å². The smallest absolute Gasteiger partial charge is 0.264 e. The number of hydrogen-bond acceptors (Lipinski definition) is 6. The Balaban J connectivity index is 1.81. The van der Waals surface area contributed by atoms with Crippen molar-refractivity contribution in [2.75, 3.05) is 23.9 Å². The maximum Gasteiger partial charge on any atom is 0.264 e. The number of amides is 2. The third kappa shape index (κ3) is 6.30. The Bertz CT molecular complexity index is 912. The van der Waals surface area contributed by atoms with Crippen LogP contribution in [0, 0.1) is 6.92 Å². The first-order valence-electron chi connectivity index (χ1n) is 7.95. The Morgan fingerprint density at radius 2 is 1.63 bits per heavy atom. The van der Waals surface area contributed by atoms with Gasteiger partial charge in [0.15, 0.2) is 0 Å². The highest BCUT2D eigenvalue weighted by Gasteiger charge is 2.17. The minimum atomic E-state index is -3.91. The molecule has 0 bridgehead atoms. The fourth-order valence-electron chi connectivity index (χ4n) is 2.13. The van der Waals surface area contributed by atoms with E-state index in [9.17, 15) is 18.0 Å². The number of methoxy groups -OCH3 is 1. The number of benzene rings is 2. The summed E-state index contributed by atoms with van der Waals surface area (Å²) in [5, 5.41) is 2.68. The first-order chi connectivity index (χ1) is 12.8. The standard InChI is InChI=1S/C18H20N2O5S2/c1-13-7-9-14(10-8-13)27(23,24)20-18(22)12-26-11-17(21)19-15-5-3-4-6-16(15)25-2/h3-10H,11-12H2,1-2H3,(H,19,21)(H,20,22). The van der Waals surface area contributed by atoms with Gasteiger partial charge < -0.3 is 10.1 Å². The highest BCUT2D eigenvalue weighted by atomic mass is 32.2. The Morgan fingerprint density at radius 1 is 1.00 bits per heavy atom. The number of aryl methyl sites for hydroxylation is 1. The van der Waals surface area contributed by atoms with Crippen LogP contribution in [0.3, 0.4) is 0 Å². The van der Waals surface area contributed by atoms with Crippen LogP contribution in [-0.2, 0) is 19.6 Å². The van der Waals surface area contributed by atoms with Crippen LogP contribution < -0.4 is 14.8 Å². The lowest BCUT2D eigenvalue weighted by molar-refractivity contribution is -0.116. The number of carbonyl (C=O) groups excluding carboxylic acids is 2. The monoisotopic (exact) mass is 408 g/mol. The summed E-state index contributed by atoms with van der Waals surface area (Å²) in [7, 11) is -2.42. The Hall–Kier alpha value is -2.52. The molecule has 2 rings (SSSR count). The molecule has 0 radical (unpaired) electrons. The van der Waals surface area contributed by atoms with Gasteiger partial charge in [-0.15, -0.1) is 11.8 Å². The van der Waals surface area contributed by atoms with Crippen LogP contribution in [0.4, 0.5) is 5.69 Å². The SMILES string of the molecule is COc1ccccc1NC(=O)CSCC(=O)NS(=O)(=O)c1ccc(C)cc1. The lowest BCUT2D eigenvalue weighted by Gasteiger charge is -2.10. The van der Waals surface area contributed by atoms with Gasteiger partial charge in [0.05, 0.1) is 29.2 Å². The maximum atomic E-state index is 12.1. The number of rotatable bonds is 8. The molecule has 0 aliphatic rings. The molecule has 144 valence electrons. The van der Waals surface area contributed by atoms with Crippen LogP contribution in [0.5, 0.6) is 5.75 Å². The summed E-state index contributed by atoms with van der Waals surface area (Å²) in [6.45, 7) is 1.84. The minimum Gasteiger partial charge on any atom is -0.495 e. The summed E-state index contributed by atoms with van der Waals surface area (Å²) >= 11 is 1.01. The minimum absolute atomic E-state index is 0.00392. The average Bonchev–Trinajstić information content (AvgIpc) is 2.62. The van der Waals surface area contributed by atoms with E-state index in [0.717, 1.165) is 17.3 Å². The van der Waals surface area contributed by atoms with Gasteiger partial charge in [0.1, 0.15) is 5.75 Å². The van der Waals surface area contributed by atoms with E-state index in [1.165, 1.54) is 19.2 Å². The Morgan fingerprint density at radius 3 is 2.30 bits per heavy atom. The number of sulfonamides is 1. The molecule has 2 aromatic carbocycles. The van der Waals surface area contributed by atoms with Gasteiger partial charge in [-0.3, -0.25) is 9.59 Å². The number of nitrogens with one attached hydrogen (secondary N) is 2. The second kappa shape index (κ2) is 9.43. The van der Waals surface area contributed by atoms with Crippen molar-refractivity contribution in [2.45, 2.75) is 11.8 Å². The summed E-state index contributed by atoms with van der Waals surface area (Å²) in [6.07, 6.45) is 0. The second-order valence-corrected chi connectivity index (χ2v) is 8.25. The van der Waals surface area contributed by atoms with Gasteiger partial charge in [-0.1, -0.05) is 29.8 Å². The summed E-state index contributed by atoms with van der Waals surface area (Å²) in [4.78, 5) is 23.9. The topological polar surface area (TPSA) is 102 Å². The number of carbonyl (C=O) groups is 2. The lowest BCUT2D eigenvalue weighted by Crippen LogP contribution is -2.32. The molecule has 2 aromatic rings. The van der Waals surface area contributed by atoms with E-state index in [1.807, 2.05) is 11.6 Å². The molecule has 0 unspecified atom stereocenters. The fraction of sp³-hybridized carbons (Fsp3) is 0.222. The number of para-hydroxylation sites is 2. The van der Waals surface area contributed by atoms with Gasteiger partial charge in [-0.2, -0.15) is 0 Å². The van der Waals surface area contributed by atoms with Crippen molar-refractivity contribution >= 4 is 39.3 Å². The molecule has 0 saturated carbocycles. The van der Waals surface area contributed by atoms with E-state index < -0.39 is 15.9 Å². The molecule has 0 spiro atoms. The van der Waals surface area contributed by atoms with E-state index in [-0.39, 0.29) is 22.3 Å². The summed E-state index contributed by atoms with van der Waals surface area (Å²) in [5.74, 6) is -0.650. The molecular weight excluding hydrogens is 388 g/mol. The summed E-state index contributed by atoms with van der Waals surface area (Å²) in [6, 6.07) is 13.1. The molecular formula is C18H20N2O5S2. The molecule has 0 heterocycles. The zero-order valence-electron chi connectivity index (χ0n) is 14.9. The summed E-state index contributed by atoms with van der Waals surface area (Å²) in [5.41, 5.74) is 1.44. The largest absolute Gasteiger partial charge is 0.495 e. The van der Waals surface area contributed by atoms with Crippen molar-refractivity contribution in [1.82, 2.24) is 4.72 Å². The van der Waals surface area contributed by atoms with Gasteiger partial charge in [-0.25, -0.2) is 13.1 Å². The highest BCUT2D eigenvalue weighted by Crippen LogP contribution is 2.23. The predicted octanol–water partition coefficient (Wildman–Crippen LogP) is 2.18. The van der Waals surface area contributed by atoms with Crippen molar-refractivity contribution in [3.8, 4) is 5.75 Å². The average molecular weight is 409 g/mol. The molecule has 7 nitrogen and oxygen atoms in total. The van der Waals surface area contributed by atoms with Gasteiger partial charge in [0.2, 0.25) is 11.8 Å². The van der Waals surface area contributed by atoms with Gasteiger partial charge in [-0.05, 0) is 31.2 Å². The van der Waals surface area contributed by atoms with E-state index in [0.29, 0.717) is 11.4 Å². The second-order valence-electron chi connectivity index (χ2n) is 5.58. The van der Waals surface area contributed by atoms with Crippen molar-refractivity contribution < 1.29 is 22.7 Å². The van der Waals surface area contributed by atoms with E-state index in [4.69, 9.17) is 4.74 Å². The Labute approximate surface area is 162 Å². The molecule has 0 saturated heterocycles. The van der Waals surface area contributed by atoms with E-state index >= 15 is 0 Å². The number of hydrogen-bond donors (Lipinski definition) is 2. The fourth-order valence-corrected chi connectivity index (χ4v) is 3.82. The molecule has 0 atom stereocenters. The molecule has 27 heavy (non-hydrogen) atoms. The van der Waals surface area contributed by atoms with Crippen molar-refractivity contribution in [1.29, 1.82) is 0 Å². The molecule has 0 aliphatic heterocycles. The predicted molar refractivity (Wildman–Crippen MR) is 105 cm³/mol. The van der Waals surface area contributed by atoms with Crippen molar-refractivity contribution in [2.24, 2.45) is 0 Å². The van der Waals surface area contributed by atoms with Crippen LogP contribution in [0.25, 0.3) is 0 Å². The number of anilines is 1. The van der Waals surface area contributed by atoms with Crippen LogP contribution in [-0.4, -0.2) is 38.8 Å².